The number of nitrogens with one attached hydrogen (secondary N) is 1. The second-order valence-electron chi connectivity index (χ2n) is 5.80. The largest absolute Gasteiger partial charge is 0.762 e. The molecule has 106 valence electrons. The molecule has 0 radical (unpaired) electrons. The average molecular weight is 257 g/mol. The molecule has 0 aromatic rings. The van der Waals surface area contributed by atoms with E-state index in [1.54, 1.807) is 0 Å². The summed E-state index contributed by atoms with van der Waals surface area (Å²) in [5.41, 5.74) is 0. The van der Waals surface area contributed by atoms with Crippen molar-refractivity contribution in [3.63, 3.8) is 0 Å². The first-order valence-corrected chi connectivity index (χ1v) is 7.20. The lowest BCUT2D eigenvalue weighted by molar-refractivity contribution is -0.118. The molecule has 5 unspecified atom stereocenters. The van der Waals surface area contributed by atoms with Gasteiger partial charge < -0.3 is 20.8 Å². The summed E-state index contributed by atoms with van der Waals surface area (Å²) >= 11 is 0. The smallest absolute Gasteiger partial charge is 0.0696 e. The molecule has 1 saturated carbocycles. The van der Waals surface area contributed by atoms with Crippen molar-refractivity contribution in [2.24, 2.45) is 11.8 Å². The van der Waals surface area contributed by atoms with Gasteiger partial charge in [0.05, 0.1) is 6.10 Å². The number of aliphatic hydroxyl groups excluding tert-OH is 1. The summed E-state index contributed by atoms with van der Waals surface area (Å²) in [7, 11) is 0. The minimum Gasteiger partial charge on any atom is -0.762 e. The second kappa shape index (κ2) is 6.30. The van der Waals surface area contributed by atoms with Crippen molar-refractivity contribution in [1.82, 2.24) is 10.5 Å². The minimum atomic E-state index is -0.304. The molecule has 3 N–H and O–H groups in total. The summed E-state index contributed by atoms with van der Waals surface area (Å²) in [6, 6.07) is -0.205. The molecule has 0 bridgehead atoms. The van der Waals surface area contributed by atoms with Gasteiger partial charge in [-0.25, -0.2) is 0 Å². The molecule has 1 aliphatic carbocycles. The number of aliphatic hydroxyl groups is 1. The third-order valence-corrected chi connectivity index (χ3v) is 4.78. The molecular weight excluding hydrogens is 232 g/mol. The van der Waals surface area contributed by atoms with Crippen molar-refractivity contribution in [3.8, 4) is 0 Å². The van der Waals surface area contributed by atoms with Gasteiger partial charge in [-0.15, -0.1) is 0 Å². The van der Waals surface area contributed by atoms with Crippen molar-refractivity contribution in [1.29, 1.82) is 0 Å². The fourth-order valence-electron chi connectivity index (χ4n) is 3.69. The van der Waals surface area contributed by atoms with Gasteiger partial charge in [0.25, 0.3) is 0 Å². The number of hydroxylamine groups is 2. The van der Waals surface area contributed by atoms with Gasteiger partial charge in [-0.2, -0.15) is 0 Å². The first-order chi connectivity index (χ1) is 8.63. The summed E-state index contributed by atoms with van der Waals surface area (Å²) in [4.78, 5) is 0. The van der Waals surface area contributed by atoms with Crippen molar-refractivity contribution in [3.05, 3.63) is 5.21 Å². The van der Waals surface area contributed by atoms with E-state index in [1.165, 1.54) is 0 Å². The fourth-order valence-corrected chi connectivity index (χ4v) is 3.69. The number of hydrogen-bond acceptors (Lipinski definition) is 5. The molecule has 2 fully saturated rings. The zero-order valence-electron chi connectivity index (χ0n) is 11.1. The Balaban J connectivity index is 1.98. The molecule has 0 spiro atoms. The molecule has 1 heterocycles. The molecular formula is C13H25N2O3-. The quantitative estimate of drug-likeness (QED) is 0.667. The van der Waals surface area contributed by atoms with Crippen LogP contribution in [0.4, 0.5) is 0 Å². The Morgan fingerprint density at radius 3 is 2.72 bits per heavy atom. The Hall–Kier alpha value is -0.200. The zero-order valence-corrected chi connectivity index (χ0v) is 11.1. The normalized spacial score (nSPS) is 42.2. The van der Waals surface area contributed by atoms with Crippen LogP contribution in [0.5, 0.6) is 0 Å². The van der Waals surface area contributed by atoms with Crippen molar-refractivity contribution >= 4 is 0 Å². The van der Waals surface area contributed by atoms with E-state index in [2.05, 4.69) is 12.2 Å². The van der Waals surface area contributed by atoms with Crippen LogP contribution in [0.1, 0.15) is 45.4 Å². The van der Waals surface area contributed by atoms with E-state index in [9.17, 15) is 15.5 Å². The molecule has 0 amide bonds. The molecule has 0 aromatic heterocycles. The summed E-state index contributed by atoms with van der Waals surface area (Å²) in [6.07, 6.45) is 5.18. The Bertz CT molecular complexity index is 263. The minimum absolute atomic E-state index is 0.0963. The van der Waals surface area contributed by atoms with Crippen LogP contribution < -0.4 is 5.32 Å². The van der Waals surface area contributed by atoms with Crippen LogP contribution in [-0.2, 0) is 0 Å². The molecule has 5 nitrogen and oxygen atoms in total. The van der Waals surface area contributed by atoms with Gasteiger partial charge in [0.15, 0.2) is 0 Å². The lowest BCUT2D eigenvalue weighted by Crippen LogP contribution is -2.53. The first-order valence-electron chi connectivity index (χ1n) is 7.20. The Morgan fingerprint density at radius 2 is 2.11 bits per heavy atom. The van der Waals surface area contributed by atoms with Gasteiger partial charge in [-0.1, -0.05) is 13.3 Å². The fraction of sp³-hybridized carbons (Fsp3) is 1.00. The van der Waals surface area contributed by atoms with E-state index in [-0.39, 0.29) is 29.3 Å². The lowest BCUT2D eigenvalue weighted by atomic mass is 9.72. The van der Waals surface area contributed by atoms with Crippen molar-refractivity contribution < 1.29 is 10.3 Å². The Morgan fingerprint density at radius 1 is 1.33 bits per heavy atom. The Labute approximate surface area is 109 Å². The van der Waals surface area contributed by atoms with Crippen LogP contribution in [0, 0.1) is 17.0 Å². The predicted molar refractivity (Wildman–Crippen MR) is 68.9 cm³/mol. The molecule has 5 atom stereocenters. The second-order valence-corrected chi connectivity index (χ2v) is 5.80. The summed E-state index contributed by atoms with van der Waals surface area (Å²) < 4.78 is 0. The van der Waals surface area contributed by atoms with Gasteiger partial charge in [0, 0.05) is 12.1 Å². The lowest BCUT2D eigenvalue weighted by Gasteiger charge is -2.46. The first kappa shape index (κ1) is 14.2. The van der Waals surface area contributed by atoms with Crippen LogP contribution in [-0.4, -0.2) is 40.3 Å². The highest BCUT2D eigenvalue weighted by Crippen LogP contribution is 2.36. The number of nitrogens with zero attached hydrogens (tertiary/aromatic N) is 1. The van der Waals surface area contributed by atoms with Gasteiger partial charge in [-0.05, 0) is 50.5 Å². The third kappa shape index (κ3) is 3.03. The maximum Gasteiger partial charge on any atom is 0.0696 e. The molecule has 1 aliphatic heterocycles. The summed E-state index contributed by atoms with van der Waals surface area (Å²) in [5.74, 6) is 0.584. The Kier molecular flexibility index (Phi) is 4.98. The molecule has 2 aliphatic rings. The van der Waals surface area contributed by atoms with E-state index in [0.717, 1.165) is 38.6 Å². The topological polar surface area (TPSA) is 78.8 Å². The van der Waals surface area contributed by atoms with Crippen LogP contribution in [0.3, 0.4) is 0 Å². The van der Waals surface area contributed by atoms with Crippen LogP contribution in [0.25, 0.3) is 0 Å². The van der Waals surface area contributed by atoms with Gasteiger partial charge >= 0.3 is 0 Å². The van der Waals surface area contributed by atoms with Crippen LogP contribution in [0.2, 0.25) is 0 Å². The van der Waals surface area contributed by atoms with Gasteiger partial charge in [0.1, 0.15) is 0 Å². The van der Waals surface area contributed by atoms with Crippen LogP contribution in [0.15, 0.2) is 0 Å². The molecule has 1 saturated heterocycles. The number of rotatable bonds is 3. The van der Waals surface area contributed by atoms with E-state index < -0.39 is 0 Å². The standard InChI is InChI=1S/C13H25N2O3/c1-2-9-5-6-10(8-11(9)15(17)18)13-12(16)4-3-7-14-13/h9-14,16-17H,2-8H2,1H3/q-1. The van der Waals surface area contributed by atoms with E-state index in [0.29, 0.717) is 12.3 Å². The molecule has 5 heteroatoms. The van der Waals surface area contributed by atoms with Crippen molar-refractivity contribution in [2.75, 3.05) is 6.54 Å². The SMILES string of the molecule is CCC1CCC(C2NCCCC2O)CC1N([O-])O. The summed E-state index contributed by atoms with van der Waals surface area (Å²) in [5, 5.41) is 34.1. The van der Waals surface area contributed by atoms with Crippen LogP contribution >= 0.6 is 0 Å². The van der Waals surface area contributed by atoms with Gasteiger partial charge in [0.2, 0.25) is 0 Å². The highest BCUT2D eigenvalue weighted by atomic mass is 16.8. The maximum absolute atomic E-state index is 11.3. The number of hydrogen-bond donors (Lipinski definition) is 3. The average Bonchev–Trinajstić information content (AvgIpc) is 2.38. The predicted octanol–water partition coefficient (Wildman–Crippen LogP) is 1.48. The summed E-state index contributed by atoms with van der Waals surface area (Å²) in [6.45, 7) is 3.01. The van der Waals surface area contributed by atoms with E-state index in [1.807, 2.05) is 0 Å². The molecule has 18 heavy (non-hydrogen) atoms. The van der Waals surface area contributed by atoms with Gasteiger partial charge in [-0.3, -0.25) is 5.23 Å². The third-order valence-electron chi connectivity index (χ3n) is 4.78. The highest BCUT2D eigenvalue weighted by Gasteiger charge is 2.37. The monoisotopic (exact) mass is 257 g/mol. The molecule has 2 rings (SSSR count). The maximum atomic E-state index is 11.3. The molecule has 0 aromatic carbocycles. The van der Waals surface area contributed by atoms with E-state index >= 15 is 0 Å². The highest BCUT2D eigenvalue weighted by molar-refractivity contribution is 4.93. The van der Waals surface area contributed by atoms with Crippen molar-refractivity contribution in [2.45, 2.75) is 63.6 Å². The zero-order chi connectivity index (χ0) is 13.1. The van der Waals surface area contributed by atoms with E-state index in [4.69, 9.17) is 0 Å². The number of piperidine rings is 1.